The Kier molecular flexibility index (Phi) is 7.38. The van der Waals surface area contributed by atoms with Gasteiger partial charge in [0.1, 0.15) is 0 Å². The Morgan fingerprint density at radius 1 is 1.06 bits per heavy atom. The molecule has 2 N–H and O–H groups in total. The van der Waals surface area contributed by atoms with E-state index in [0.29, 0.717) is 6.07 Å². The Balaban J connectivity index is 2.40. The van der Waals surface area contributed by atoms with Gasteiger partial charge in [0.25, 0.3) is 17.1 Å². The van der Waals surface area contributed by atoms with Crippen LogP contribution in [-0.2, 0) is 0 Å². The van der Waals surface area contributed by atoms with Gasteiger partial charge in [-0.2, -0.15) is 39.5 Å². The summed E-state index contributed by atoms with van der Waals surface area (Å²) in [6.45, 7) is 0. The number of halogens is 11. The molecule has 0 unspecified atom stereocenters. The van der Waals surface area contributed by atoms with E-state index in [-0.39, 0.29) is 0 Å². The van der Waals surface area contributed by atoms with Crippen LogP contribution in [0.2, 0.25) is 5.02 Å². The molecule has 1 aromatic rings. The van der Waals surface area contributed by atoms with E-state index >= 15 is 0 Å². The smallest absolute Gasteiger partial charge is 0.286 e. The van der Waals surface area contributed by atoms with Crippen molar-refractivity contribution in [3.8, 4) is 0 Å². The molecule has 192 valence electrons. The molecule has 2 rings (SSSR count). The van der Waals surface area contributed by atoms with Gasteiger partial charge in [-0.3, -0.25) is 25.5 Å². The summed E-state index contributed by atoms with van der Waals surface area (Å²) in [4.78, 5) is 32.8. The van der Waals surface area contributed by atoms with Crippen molar-refractivity contribution in [1.82, 2.24) is 10.6 Å². The summed E-state index contributed by atoms with van der Waals surface area (Å²) in [5, 5.41) is 10.8. The molecule has 0 spiro atoms. The number of hydrogen-bond acceptors (Lipinski definition) is 6. The van der Waals surface area contributed by atoms with Crippen molar-refractivity contribution in [3.63, 3.8) is 0 Å². The number of hydrogen-bond donors (Lipinski definition) is 2. The minimum Gasteiger partial charge on any atom is -0.286 e. The van der Waals surface area contributed by atoms with Crippen LogP contribution in [0.15, 0.2) is 33.9 Å². The lowest BCUT2D eigenvalue weighted by Crippen LogP contribution is -2.55. The maximum Gasteiger partial charge on any atom is 0.443 e. The predicted octanol–water partition coefficient (Wildman–Crippen LogP) is 5.40. The van der Waals surface area contributed by atoms with Crippen molar-refractivity contribution in [2.75, 3.05) is 0 Å². The molecule has 0 atom stereocenters. The molecule has 0 fully saturated rings. The first-order chi connectivity index (χ1) is 15.7. The van der Waals surface area contributed by atoms with Crippen LogP contribution >= 0.6 is 23.4 Å². The van der Waals surface area contributed by atoms with Gasteiger partial charge in [-0.15, -0.1) is 0 Å². The molecule has 1 aliphatic heterocycles. The Morgan fingerprint density at radius 2 is 1.60 bits per heavy atom. The average Bonchev–Trinajstić information content (AvgIpc) is 3.06. The molecule has 35 heavy (non-hydrogen) atoms. The number of imide groups is 1. The van der Waals surface area contributed by atoms with E-state index in [1.54, 1.807) is 0 Å². The molecule has 0 bridgehead atoms. The number of allylic oxidation sites excluding steroid dienone is 1. The lowest BCUT2D eigenvalue weighted by molar-refractivity contribution is -0.384. The van der Waals surface area contributed by atoms with Crippen molar-refractivity contribution in [3.05, 3.63) is 49.6 Å². The van der Waals surface area contributed by atoms with Crippen molar-refractivity contribution < 1.29 is 58.4 Å². The van der Waals surface area contributed by atoms with Gasteiger partial charge in [0.05, 0.1) is 20.4 Å². The van der Waals surface area contributed by atoms with E-state index in [1.165, 1.54) is 10.6 Å². The first-order valence-corrected chi connectivity index (χ1v) is 9.36. The molecule has 20 heteroatoms. The van der Waals surface area contributed by atoms with E-state index in [2.05, 4.69) is 4.99 Å². The number of nitrogens with one attached hydrogen (secondary N) is 2. The molecule has 1 aliphatic rings. The van der Waals surface area contributed by atoms with Crippen LogP contribution in [0.3, 0.4) is 0 Å². The fourth-order valence-corrected chi connectivity index (χ4v) is 3.84. The average molecular weight is 563 g/mol. The quantitative estimate of drug-likeness (QED) is 0.285. The maximum atomic E-state index is 13.7. The second-order valence-electron chi connectivity index (χ2n) is 6.20. The highest BCUT2D eigenvalue weighted by atomic mass is 35.5. The summed E-state index contributed by atoms with van der Waals surface area (Å²) in [5.74, 6) is -5.23. The number of nitrogens with zero attached hydrogens (tertiary/aromatic N) is 2. The van der Waals surface area contributed by atoms with Gasteiger partial charge >= 0.3 is 24.6 Å². The molecule has 0 radical (unpaired) electrons. The first kappa shape index (κ1) is 28.1. The van der Waals surface area contributed by atoms with Gasteiger partial charge in [0, 0.05) is 12.1 Å². The number of carbonyl (C=O) groups excluding carboxylic acids is 2. The minimum absolute atomic E-state index is 0.589. The number of non-ortho nitro benzene ring substituents is 1. The van der Waals surface area contributed by atoms with E-state index in [4.69, 9.17) is 11.6 Å². The Hall–Kier alpha value is -3.09. The van der Waals surface area contributed by atoms with Gasteiger partial charge in [-0.25, -0.2) is 14.2 Å². The number of rotatable bonds is 2. The van der Waals surface area contributed by atoms with Crippen LogP contribution < -0.4 is 10.6 Å². The molecule has 0 aromatic heterocycles. The van der Waals surface area contributed by atoms with Crippen molar-refractivity contribution >= 4 is 46.2 Å². The molecule has 8 nitrogen and oxygen atoms in total. The van der Waals surface area contributed by atoms with Crippen LogP contribution in [-0.4, -0.2) is 46.1 Å². The highest BCUT2D eigenvalue weighted by Crippen LogP contribution is 2.59. The number of benzene rings is 1. The summed E-state index contributed by atoms with van der Waals surface area (Å²) in [5.41, 5.74) is -6.91. The zero-order chi connectivity index (χ0) is 27.1. The molecule has 1 heterocycles. The number of alkyl halides is 9. The summed E-state index contributed by atoms with van der Waals surface area (Å²) < 4.78 is 132. The number of amides is 3. The highest BCUT2D eigenvalue weighted by molar-refractivity contribution is 8.17. The predicted molar refractivity (Wildman–Crippen MR) is 98.2 cm³/mol. The fourth-order valence-electron chi connectivity index (χ4n) is 2.43. The highest BCUT2D eigenvalue weighted by Gasteiger charge is 2.77. The third-order valence-electron chi connectivity index (χ3n) is 3.92. The van der Waals surface area contributed by atoms with Crippen LogP contribution in [0.4, 0.5) is 54.4 Å². The van der Waals surface area contributed by atoms with Crippen molar-refractivity contribution in [1.29, 1.82) is 0 Å². The molecule has 0 saturated heterocycles. The number of amidine groups is 1. The number of thioether (sulfide) groups is 1. The van der Waals surface area contributed by atoms with E-state index in [0.717, 1.165) is 12.1 Å². The zero-order valence-corrected chi connectivity index (χ0v) is 17.4. The molecule has 0 saturated carbocycles. The largest absolute Gasteiger partial charge is 0.443 e. The van der Waals surface area contributed by atoms with Gasteiger partial charge in [0.2, 0.25) is 5.83 Å². The minimum atomic E-state index is -6.64. The number of carbonyl (C=O) groups is 2. The lowest BCUT2D eigenvalue weighted by atomic mass is 9.97. The van der Waals surface area contributed by atoms with Crippen molar-refractivity contribution in [2.24, 2.45) is 4.99 Å². The second kappa shape index (κ2) is 9.17. The van der Waals surface area contributed by atoms with E-state index in [1.807, 2.05) is 0 Å². The summed E-state index contributed by atoms with van der Waals surface area (Å²) in [6.07, 6.45) is -19.6. The molecular formula is C15H5ClF10N4O4S. The van der Waals surface area contributed by atoms with Gasteiger partial charge in [-0.1, -0.05) is 23.4 Å². The van der Waals surface area contributed by atoms with Gasteiger partial charge in [0.15, 0.2) is 5.17 Å². The summed E-state index contributed by atoms with van der Waals surface area (Å²) in [6, 6.07) is 0.266. The third-order valence-corrected chi connectivity index (χ3v) is 5.30. The van der Waals surface area contributed by atoms with Crippen molar-refractivity contribution in [2.45, 2.75) is 24.1 Å². The van der Waals surface area contributed by atoms with Gasteiger partial charge in [-0.05, 0) is 6.07 Å². The van der Waals surface area contributed by atoms with Crippen LogP contribution in [0.5, 0.6) is 0 Å². The van der Waals surface area contributed by atoms with Gasteiger partial charge < -0.3 is 0 Å². The number of nitro benzene ring substituents is 1. The Morgan fingerprint density at radius 3 is 2.03 bits per heavy atom. The lowest BCUT2D eigenvalue weighted by Gasteiger charge is -2.31. The normalized spacial score (nSPS) is 17.5. The Bertz CT molecular complexity index is 1130. The first-order valence-electron chi connectivity index (χ1n) is 8.17. The monoisotopic (exact) mass is 562 g/mol. The molecule has 1 aromatic carbocycles. The molecule has 0 aliphatic carbocycles. The topological polar surface area (TPSA) is 114 Å². The number of aliphatic imine (C=N–C) groups is 1. The zero-order valence-electron chi connectivity index (χ0n) is 15.8. The maximum absolute atomic E-state index is 13.7. The molecule has 3 amide bonds. The number of urea groups is 1. The third kappa shape index (κ3) is 5.44. The molecular weight excluding hydrogens is 558 g/mol. The van der Waals surface area contributed by atoms with Crippen LogP contribution in [0.25, 0.3) is 0 Å². The summed E-state index contributed by atoms with van der Waals surface area (Å²) >= 11 is 4.50. The second-order valence-corrected chi connectivity index (χ2v) is 7.60. The van der Waals surface area contributed by atoms with Crippen LogP contribution in [0.1, 0.15) is 10.4 Å². The van der Waals surface area contributed by atoms with E-state index < -0.39 is 84.9 Å². The summed E-state index contributed by atoms with van der Waals surface area (Å²) in [7, 11) is 0. The standard InChI is InChI=1S/C15H5ClF10N4O4S/c16-6-3-4(30(33)34)1-2-5(6)9(31)27-10(32)28-11-29-12(14(21,22)23,15(24,25)26)8(35-11)7(17)13(18,19)20/h1-3H,(H2,27,28,29,31,32)/b8-7+. The van der Waals surface area contributed by atoms with Crippen LogP contribution in [0, 0.1) is 10.1 Å². The number of nitro groups is 1. The Labute approximate surface area is 194 Å². The SMILES string of the molecule is O=C(NC(=O)c1ccc([N+](=O)[O-])cc1Cl)NC1=NC(C(F)(F)F)(C(F)(F)F)/C(=C(\F)C(F)(F)F)S1. The van der Waals surface area contributed by atoms with E-state index in [9.17, 15) is 63.6 Å². The fraction of sp³-hybridized carbons (Fsp3) is 0.267.